The van der Waals surface area contributed by atoms with Gasteiger partial charge in [0.15, 0.2) is 0 Å². The Morgan fingerprint density at radius 3 is 2.32 bits per heavy atom. The van der Waals surface area contributed by atoms with Gasteiger partial charge in [-0.3, -0.25) is 9.69 Å². The maximum atomic E-state index is 13.4. The Hall–Kier alpha value is -2.75. The standard InChI is InChI=1S/C24H25F6NO3.C3H6/c1-15(22(32)33)10-16-4-2-5-19(11-16)34-20-6-3-9-31(14-20)13-17-12-18(23(25,26)27)7-8-21(17)24(28,29)30;1-2-3-1/h2,4-5,7-8,11-12,15,20H,3,6,9-10,13-14H2,1H3,(H,32,33);1-3H2. The Bertz CT molecular complexity index is 1050. The average molecular weight is 532 g/mol. The molecule has 0 bridgehead atoms. The van der Waals surface area contributed by atoms with Crippen LogP contribution >= 0.6 is 0 Å². The van der Waals surface area contributed by atoms with Crippen molar-refractivity contribution in [3.63, 3.8) is 0 Å². The predicted molar refractivity (Wildman–Crippen MR) is 126 cm³/mol. The maximum Gasteiger partial charge on any atom is 0.416 e. The van der Waals surface area contributed by atoms with Crippen LogP contribution in [-0.2, 0) is 30.1 Å². The van der Waals surface area contributed by atoms with Crippen LogP contribution in [0.4, 0.5) is 26.3 Å². The summed E-state index contributed by atoms with van der Waals surface area (Å²) in [5.41, 5.74) is -1.84. The molecule has 0 spiro atoms. The van der Waals surface area contributed by atoms with Gasteiger partial charge < -0.3 is 9.84 Å². The van der Waals surface area contributed by atoms with Gasteiger partial charge in [-0.2, -0.15) is 26.3 Å². The number of carbonyl (C=O) groups is 1. The molecule has 37 heavy (non-hydrogen) atoms. The molecular formula is C27H31F6NO3. The molecule has 4 rings (SSSR count). The molecule has 2 atom stereocenters. The lowest BCUT2D eigenvalue weighted by Gasteiger charge is -2.33. The first-order chi connectivity index (χ1) is 17.3. The highest BCUT2D eigenvalue weighted by atomic mass is 19.4. The fourth-order valence-electron chi connectivity index (χ4n) is 4.05. The molecule has 1 saturated heterocycles. The number of hydrogen-bond donors (Lipinski definition) is 1. The van der Waals surface area contributed by atoms with Crippen LogP contribution in [0.3, 0.4) is 0 Å². The SMILES string of the molecule is C1CC1.CC(Cc1cccc(OC2CCCN(Cc3cc(C(F)(F)F)ccc3C(F)(F)F)C2)c1)C(=O)O. The number of nitrogens with zero attached hydrogens (tertiary/aromatic N) is 1. The Morgan fingerprint density at radius 1 is 1.03 bits per heavy atom. The molecule has 204 valence electrons. The summed E-state index contributed by atoms with van der Waals surface area (Å²) in [5, 5.41) is 9.09. The number of benzene rings is 2. The summed E-state index contributed by atoms with van der Waals surface area (Å²) < 4.78 is 85.5. The normalized spacial score (nSPS) is 18.9. The third-order valence-electron chi connectivity index (χ3n) is 6.11. The van der Waals surface area contributed by atoms with Crippen LogP contribution in [0.5, 0.6) is 5.75 Å². The first kappa shape index (κ1) is 28.8. The second-order valence-electron chi connectivity index (χ2n) is 9.64. The van der Waals surface area contributed by atoms with Crippen molar-refractivity contribution >= 4 is 5.97 Å². The van der Waals surface area contributed by atoms with Crippen molar-refractivity contribution in [2.24, 2.45) is 5.92 Å². The van der Waals surface area contributed by atoms with Gasteiger partial charge in [0.25, 0.3) is 0 Å². The summed E-state index contributed by atoms with van der Waals surface area (Å²) in [5.74, 6) is -0.977. The largest absolute Gasteiger partial charge is 0.489 e. The maximum absolute atomic E-state index is 13.4. The molecule has 2 aliphatic rings. The van der Waals surface area contributed by atoms with Crippen molar-refractivity contribution in [3.05, 3.63) is 64.7 Å². The Labute approximate surface area is 212 Å². The Morgan fingerprint density at radius 2 is 1.73 bits per heavy atom. The number of rotatable bonds is 7. The van der Waals surface area contributed by atoms with Crippen LogP contribution < -0.4 is 4.74 Å². The Balaban J connectivity index is 0.00000118. The number of alkyl halides is 6. The third-order valence-corrected chi connectivity index (χ3v) is 6.11. The van der Waals surface area contributed by atoms with E-state index in [-0.39, 0.29) is 19.2 Å². The topological polar surface area (TPSA) is 49.8 Å². The van der Waals surface area contributed by atoms with Crippen molar-refractivity contribution in [2.45, 2.75) is 70.4 Å². The quantitative estimate of drug-likeness (QED) is 0.384. The molecule has 2 unspecified atom stereocenters. The number of likely N-dealkylation sites (tertiary alicyclic amines) is 1. The van der Waals surface area contributed by atoms with Crippen LogP contribution in [-0.4, -0.2) is 35.2 Å². The molecule has 10 heteroatoms. The van der Waals surface area contributed by atoms with E-state index in [0.29, 0.717) is 49.8 Å². The van der Waals surface area contributed by atoms with Crippen molar-refractivity contribution in [1.82, 2.24) is 4.90 Å². The smallest absolute Gasteiger partial charge is 0.416 e. The van der Waals surface area contributed by atoms with Crippen LogP contribution in [0.1, 0.15) is 61.3 Å². The van der Waals surface area contributed by atoms with E-state index in [1.165, 1.54) is 19.3 Å². The second-order valence-corrected chi connectivity index (χ2v) is 9.64. The van der Waals surface area contributed by atoms with Gasteiger partial charge in [0.05, 0.1) is 17.0 Å². The highest BCUT2D eigenvalue weighted by molar-refractivity contribution is 5.69. The number of halogens is 6. The lowest BCUT2D eigenvalue weighted by molar-refractivity contribution is -0.142. The van der Waals surface area contributed by atoms with Gasteiger partial charge in [-0.15, -0.1) is 0 Å². The van der Waals surface area contributed by atoms with E-state index in [1.54, 1.807) is 36.1 Å². The zero-order valence-corrected chi connectivity index (χ0v) is 20.5. The van der Waals surface area contributed by atoms with Crippen LogP contribution in [0.25, 0.3) is 0 Å². The van der Waals surface area contributed by atoms with E-state index < -0.39 is 40.9 Å². The molecule has 1 heterocycles. The summed E-state index contributed by atoms with van der Waals surface area (Å²) in [7, 11) is 0. The minimum Gasteiger partial charge on any atom is -0.489 e. The summed E-state index contributed by atoms with van der Waals surface area (Å²) >= 11 is 0. The van der Waals surface area contributed by atoms with E-state index in [1.807, 2.05) is 0 Å². The first-order valence-electron chi connectivity index (χ1n) is 12.3. The van der Waals surface area contributed by atoms with Crippen molar-refractivity contribution in [3.8, 4) is 5.75 Å². The molecule has 0 amide bonds. The van der Waals surface area contributed by atoms with Gasteiger partial charge in [0, 0.05) is 13.1 Å². The fraction of sp³-hybridized carbons (Fsp3) is 0.519. The number of carboxylic acid groups (broad SMARTS) is 1. The summed E-state index contributed by atoms with van der Waals surface area (Å²) in [6, 6.07) is 8.46. The molecule has 1 N–H and O–H groups in total. The molecule has 4 nitrogen and oxygen atoms in total. The molecule has 2 aromatic rings. The van der Waals surface area contributed by atoms with Gasteiger partial charge in [0.1, 0.15) is 11.9 Å². The minimum absolute atomic E-state index is 0.253. The highest BCUT2D eigenvalue weighted by Gasteiger charge is 2.37. The molecule has 1 saturated carbocycles. The minimum atomic E-state index is -4.77. The Kier molecular flexibility index (Phi) is 9.50. The number of hydrogen-bond acceptors (Lipinski definition) is 3. The van der Waals surface area contributed by atoms with Crippen LogP contribution in [0.2, 0.25) is 0 Å². The summed E-state index contributed by atoms with van der Waals surface area (Å²) in [6.07, 6.45) is -3.80. The number of aliphatic carboxylic acids is 1. The number of piperidine rings is 1. The van der Waals surface area contributed by atoms with E-state index in [4.69, 9.17) is 9.84 Å². The van der Waals surface area contributed by atoms with Crippen LogP contribution in [0.15, 0.2) is 42.5 Å². The zero-order valence-electron chi connectivity index (χ0n) is 20.5. The van der Waals surface area contributed by atoms with E-state index >= 15 is 0 Å². The summed E-state index contributed by atoms with van der Waals surface area (Å²) in [4.78, 5) is 12.7. The fourth-order valence-corrected chi connectivity index (χ4v) is 4.05. The summed E-state index contributed by atoms with van der Waals surface area (Å²) in [6.45, 7) is 2.00. The van der Waals surface area contributed by atoms with Crippen LogP contribution in [0, 0.1) is 5.92 Å². The highest BCUT2D eigenvalue weighted by Crippen LogP contribution is 2.37. The van der Waals surface area contributed by atoms with Gasteiger partial charge in [-0.05, 0) is 67.3 Å². The van der Waals surface area contributed by atoms with E-state index in [9.17, 15) is 31.1 Å². The predicted octanol–water partition coefficient (Wildman–Crippen LogP) is 7.20. The molecular weight excluding hydrogens is 500 g/mol. The molecule has 1 aliphatic carbocycles. The molecule has 0 aromatic heterocycles. The molecule has 2 fully saturated rings. The van der Waals surface area contributed by atoms with Crippen molar-refractivity contribution < 1.29 is 41.0 Å². The molecule has 1 aliphatic heterocycles. The molecule has 2 aromatic carbocycles. The van der Waals surface area contributed by atoms with Crippen molar-refractivity contribution in [1.29, 1.82) is 0 Å². The zero-order chi connectivity index (χ0) is 27.2. The number of carboxylic acids is 1. The van der Waals surface area contributed by atoms with E-state index in [2.05, 4.69) is 0 Å². The lowest BCUT2D eigenvalue weighted by atomic mass is 10.0. The van der Waals surface area contributed by atoms with Gasteiger partial charge in [-0.25, -0.2) is 0 Å². The first-order valence-corrected chi connectivity index (χ1v) is 12.3. The lowest BCUT2D eigenvalue weighted by Crippen LogP contribution is -2.41. The van der Waals surface area contributed by atoms with E-state index in [0.717, 1.165) is 5.56 Å². The number of ether oxygens (including phenoxy) is 1. The van der Waals surface area contributed by atoms with Gasteiger partial charge >= 0.3 is 18.3 Å². The monoisotopic (exact) mass is 531 g/mol. The van der Waals surface area contributed by atoms with Gasteiger partial charge in [-0.1, -0.05) is 38.3 Å². The second kappa shape index (κ2) is 12.2. The van der Waals surface area contributed by atoms with Crippen molar-refractivity contribution in [2.75, 3.05) is 13.1 Å². The molecule has 0 radical (unpaired) electrons. The third kappa shape index (κ3) is 9.25. The van der Waals surface area contributed by atoms with Gasteiger partial charge in [0.2, 0.25) is 0 Å². The average Bonchev–Trinajstić information content (AvgIpc) is 3.68.